The Balaban J connectivity index is 1.67. The molecule has 0 amide bonds. The normalized spacial score (nSPS) is 10.7. The van der Waals surface area contributed by atoms with E-state index in [2.05, 4.69) is 15.3 Å². The Morgan fingerprint density at radius 3 is 3.10 bits per heavy atom. The highest BCUT2D eigenvalue weighted by Gasteiger charge is 2.14. The predicted molar refractivity (Wildman–Crippen MR) is 68.6 cm³/mol. The van der Waals surface area contributed by atoms with Crippen molar-refractivity contribution in [2.45, 2.75) is 6.61 Å². The molecule has 20 heavy (non-hydrogen) atoms. The molecular weight excluding hydrogens is 260 g/mol. The average Bonchev–Trinajstić information content (AvgIpc) is 3.17. The number of aryl methyl sites for hydroxylation is 1. The van der Waals surface area contributed by atoms with Gasteiger partial charge in [-0.2, -0.15) is 10.2 Å². The van der Waals surface area contributed by atoms with Crippen LogP contribution in [0.4, 0.5) is 0 Å². The number of aromatic amines is 1. The number of nitrogens with zero attached hydrogens (tertiary/aromatic N) is 3. The van der Waals surface area contributed by atoms with Gasteiger partial charge in [0.2, 0.25) is 0 Å². The lowest BCUT2D eigenvalue weighted by atomic mass is 10.3. The van der Waals surface area contributed by atoms with Crippen LogP contribution in [0, 0.1) is 0 Å². The van der Waals surface area contributed by atoms with E-state index in [9.17, 15) is 4.79 Å². The zero-order valence-electron chi connectivity index (χ0n) is 10.7. The minimum atomic E-state index is -0.475. The van der Waals surface area contributed by atoms with Crippen molar-refractivity contribution in [1.29, 1.82) is 0 Å². The lowest BCUT2D eigenvalue weighted by molar-refractivity contribution is 0.0456. The van der Waals surface area contributed by atoms with Gasteiger partial charge >= 0.3 is 5.97 Å². The van der Waals surface area contributed by atoms with E-state index in [1.54, 1.807) is 48.5 Å². The first-order chi connectivity index (χ1) is 9.74. The van der Waals surface area contributed by atoms with E-state index in [1.165, 1.54) is 0 Å². The summed E-state index contributed by atoms with van der Waals surface area (Å²) in [6, 6.07) is 6.89. The SMILES string of the molecule is Cn1nccc1COC(=O)c1cc(-c2ccco2)n[nH]1. The van der Waals surface area contributed by atoms with E-state index in [1.807, 2.05) is 0 Å². The Labute approximate surface area is 114 Å². The Hall–Kier alpha value is -2.83. The fourth-order valence-corrected chi connectivity index (χ4v) is 1.74. The molecule has 0 aliphatic rings. The summed E-state index contributed by atoms with van der Waals surface area (Å²) >= 11 is 0. The van der Waals surface area contributed by atoms with Crippen molar-refractivity contribution in [3.05, 3.63) is 48.1 Å². The smallest absolute Gasteiger partial charge is 0.356 e. The van der Waals surface area contributed by atoms with Crippen LogP contribution < -0.4 is 0 Å². The number of carbonyl (C=O) groups excluding carboxylic acids is 1. The Kier molecular flexibility index (Phi) is 3.08. The number of rotatable bonds is 4. The zero-order chi connectivity index (χ0) is 13.9. The van der Waals surface area contributed by atoms with Crippen LogP contribution in [-0.4, -0.2) is 25.9 Å². The van der Waals surface area contributed by atoms with Crippen molar-refractivity contribution in [3.8, 4) is 11.5 Å². The van der Waals surface area contributed by atoms with Crippen LogP contribution in [-0.2, 0) is 18.4 Å². The van der Waals surface area contributed by atoms with Crippen LogP contribution in [0.3, 0.4) is 0 Å². The van der Waals surface area contributed by atoms with Crippen LogP contribution in [0.2, 0.25) is 0 Å². The molecule has 7 nitrogen and oxygen atoms in total. The maximum Gasteiger partial charge on any atom is 0.356 e. The van der Waals surface area contributed by atoms with Gasteiger partial charge in [-0.3, -0.25) is 9.78 Å². The van der Waals surface area contributed by atoms with Crippen molar-refractivity contribution >= 4 is 5.97 Å². The average molecular weight is 272 g/mol. The molecule has 0 spiro atoms. The molecule has 7 heteroatoms. The molecule has 3 aromatic rings. The predicted octanol–water partition coefficient (Wildman–Crippen LogP) is 1.76. The van der Waals surface area contributed by atoms with E-state index in [-0.39, 0.29) is 12.3 Å². The van der Waals surface area contributed by atoms with Gasteiger partial charge < -0.3 is 9.15 Å². The minimum absolute atomic E-state index is 0.157. The summed E-state index contributed by atoms with van der Waals surface area (Å²) in [5.74, 6) is 0.114. The van der Waals surface area contributed by atoms with Crippen LogP contribution in [0.1, 0.15) is 16.2 Å². The van der Waals surface area contributed by atoms with Crippen molar-refractivity contribution in [3.63, 3.8) is 0 Å². The van der Waals surface area contributed by atoms with Crippen molar-refractivity contribution in [2.24, 2.45) is 7.05 Å². The highest BCUT2D eigenvalue weighted by molar-refractivity contribution is 5.88. The van der Waals surface area contributed by atoms with Gasteiger partial charge in [0.1, 0.15) is 18.0 Å². The number of nitrogens with one attached hydrogen (secondary N) is 1. The summed E-state index contributed by atoms with van der Waals surface area (Å²) in [7, 11) is 1.79. The van der Waals surface area contributed by atoms with E-state index >= 15 is 0 Å². The van der Waals surface area contributed by atoms with Crippen molar-refractivity contribution in [2.75, 3.05) is 0 Å². The lowest BCUT2D eigenvalue weighted by Gasteiger charge is -2.03. The highest BCUT2D eigenvalue weighted by Crippen LogP contribution is 2.18. The van der Waals surface area contributed by atoms with Crippen molar-refractivity contribution < 1.29 is 13.9 Å². The van der Waals surface area contributed by atoms with Crippen LogP contribution >= 0.6 is 0 Å². The number of H-pyrrole nitrogens is 1. The number of esters is 1. The fourth-order valence-electron chi connectivity index (χ4n) is 1.74. The second-order valence-electron chi connectivity index (χ2n) is 4.17. The molecule has 0 saturated heterocycles. The topological polar surface area (TPSA) is 85.9 Å². The van der Waals surface area contributed by atoms with Gasteiger partial charge in [-0.1, -0.05) is 0 Å². The van der Waals surface area contributed by atoms with Gasteiger partial charge in [0.05, 0.1) is 12.0 Å². The Morgan fingerprint density at radius 2 is 2.40 bits per heavy atom. The standard InChI is InChI=1S/C13H12N4O3/c1-17-9(4-5-14-17)8-20-13(18)11-7-10(15-16-11)12-3-2-6-19-12/h2-7H,8H2,1H3,(H,15,16). The lowest BCUT2D eigenvalue weighted by Crippen LogP contribution is -2.08. The third-order valence-electron chi connectivity index (χ3n) is 2.85. The molecule has 0 bridgehead atoms. The molecule has 0 fully saturated rings. The maximum atomic E-state index is 11.9. The first-order valence-corrected chi connectivity index (χ1v) is 5.97. The molecule has 0 aliphatic carbocycles. The molecule has 1 N–H and O–H groups in total. The minimum Gasteiger partial charge on any atom is -0.463 e. The van der Waals surface area contributed by atoms with E-state index in [0.717, 1.165) is 5.69 Å². The number of ether oxygens (including phenoxy) is 1. The van der Waals surface area contributed by atoms with Gasteiger partial charge in [-0.05, 0) is 18.2 Å². The third kappa shape index (κ3) is 2.33. The number of hydrogen-bond donors (Lipinski definition) is 1. The summed E-state index contributed by atoms with van der Waals surface area (Å²) in [4.78, 5) is 11.9. The molecule has 3 rings (SSSR count). The van der Waals surface area contributed by atoms with Gasteiger partial charge in [0.15, 0.2) is 5.76 Å². The molecule has 3 heterocycles. The summed E-state index contributed by atoms with van der Waals surface area (Å²) in [6.45, 7) is 0.157. The second kappa shape index (κ2) is 5.04. The van der Waals surface area contributed by atoms with Crippen molar-refractivity contribution in [1.82, 2.24) is 20.0 Å². The number of aromatic nitrogens is 4. The largest absolute Gasteiger partial charge is 0.463 e. The van der Waals surface area contributed by atoms with Crippen LogP contribution in [0.5, 0.6) is 0 Å². The van der Waals surface area contributed by atoms with Crippen LogP contribution in [0.15, 0.2) is 41.1 Å². The zero-order valence-corrected chi connectivity index (χ0v) is 10.7. The summed E-state index contributed by atoms with van der Waals surface area (Å²) in [5, 5.41) is 10.6. The van der Waals surface area contributed by atoms with E-state index in [0.29, 0.717) is 11.5 Å². The van der Waals surface area contributed by atoms with Gasteiger partial charge in [-0.25, -0.2) is 4.79 Å². The monoisotopic (exact) mass is 272 g/mol. The first kappa shape index (κ1) is 12.2. The maximum absolute atomic E-state index is 11.9. The second-order valence-corrected chi connectivity index (χ2v) is 4.17. The van der Waals surface area contributed by atoms with Gasteiger partial charge in [0, 0.05) is 19.3 Å². The molecule has 0 aromatic carbocycles. The van der Waals surface area contributed by atoms with Crippen LogP contribution in [0.25, 0.3) is 11.5 Å². The Bertz CT molecular complexity index is 712. The fraction of sp³-hybridized carbons (Fsp3) is 0.154. The Morgan fingerprint density at radius 1 is 1.50 bits per heavy atom. The molecule has 0 radical (unpaired) electrons. The number of furan rings is 1. The molecule has 0 saturated carbocycles. The summed E-state index contributed by atoms with van der Waals surface area (Å²) in [5.41, 5.74) is 1.64. The summed E-state index contributed by atoms with van der Waals surface area (Å²) in [6.07, 6.45) is 3.19. The third-order valence-corrected chi connectivity index (χ3v) is 2.85. The molecule has 3 aromatic heterocycles. The molecule has 0 aliphatic heterocycles. The number of hydrogen-bond acceptors (Lipinski definition) is 5. The van der Waals surface area contributed by atoms with Gasteiger partial charge in [0.25, 0.3) is 0 Å². The molecule has 0 atom stereocenters. The summed E-state index contributed by atoms with van der Waals surface area (Å²) < 4.78 is 12.0. The first-order valence-electron chi connectivity index (χ1n) is 5.97. The van der Waals surface area contributed by atoms with E-state index in [4.69, 9.17) is 9.15 Å². The molecular formula is C13H12N4O3. The quantitative estimate of drug-likeness (QED) is 0.731. The van der Waals surface area contributed by atoms with E-state index < -0.39 is 5.97 Å². The molecule has 102 valence electrons. The number of carbonyl (C=O) groups is 1. The highest BCUT2D eigenvalue weighted by atomic mass is 16.5. The molecule has 0 unspecified atom stereocenters. The van der Waals surface area contributed by atoms with Gasteiger partial charge in [-0.15, -0.1) is 0 Å².